The van der Waals surface area contributed by atoms with Crippen LogP contribution < -0.4 is 0 Å². The van der Waals surface area contributed by atoms with Crippen LogP contribution in [0.1, 0.15) is 127 Å². The minimum Gasteiger partial charge on any atom is -0.461 e. The van der Waals surface area contributed by atoms with Crippen molar-refractivity contribution in [3.05, 3.63) is 11.6 Å². The molecule has 0 N–H and O–H groups in total. The van der Waals surface area contributed by atoms with Crippen molar-refractivity contribution < 1.29 is 9.53 Å². The molecule has 0 aromatic carbocycles. The smallest absolute Gasteiger partial charge is 0.306 e. The van der Waals surface area contributed by atoms with Gasteiger partial charge in [-0.25, -0.2) is 0 Å². The predicted molar refractivity (Wildman–Crippen MR) is 128 cm³/mol. The van der Waals surface area contributed by atoms with E-state index in [0.717, 1.165) is 24.7 Å². The molecule has 0 saturated carbocycles. The van der Waals surface area contributed by atoms with E-state index in [-0.39, 0.29) is 11.4 Å². The molecular weight excluding hydrogens is 356 g/mol. The number of hydrogen-bond acceptors (Lipinski definition) is 2. The molecule has 0 bridgehead atoms. The topological polar surface area (TPSA) is 26.3 Å². The Bertz CT molecular complexity index is 479. The molecule has 0 aromatic heterocycles. The van der Waals surface area contributed by atoms with Gasteiger partial charge in [0.15, 0.2) is 0 Å². The average Bonchev–Trinajstić information content (AvgIpc) is 2.67. The van der Waals surface area contributed by atoms with Crippen LogP contribution in [-0.4, -0.2) is 12.6 Å². The van der Waals surface area contributed by atoms with E-state index in [1.807, 2.05) is 6.92 Å². The van der Waals surface area contributed by atoms with Crippen molar-refractivity contribution in [3.8, 4) is 0 Å². The Hall–Kier alpha value is -0.790. The molecule has 0 aliphatic carbocycles. The summed E-state index contributed by atoms with van der Waals surface area (Å²) in [5.74, 6) is 1.49. The van der Waals surface area contributed by atoms with E-state index in [9.17, 15) is 4.79 Å². The van der Waals surface area contributed by atoms with Crippen LogP contribution in [0.25, 0.3) is 0 Å². The first-order valence-corrected chi connectivity index (χ1v) is 12.4. The lowest BCUT2D eigenvalue weighted by Gasteiger charge is -2.37. The lowest BCUT2D eigenvalue weighted by molar-refractivity contribution is -0.142. The monoisotopic (exact) mass is 408 g/mol. The van der Waals surface area contributed by atoms with Gasteiger partial charge in [-0.2, -0.15) is 0 Å². The van der Waals surface area contributed by atoms with E-state index in [4.69, 9.17) is 4.74 Å². The summed E-state index contributed by atoms with van der Waals surface area (Å²) >= 11 is 0. The quantitative estimate of drug-likeness (QED) is 0.188. The molecule has 0 radical (unpaired) electrons. The highest BCUT2D eigenvalue weighted by Gasteiger charge is 2.30. The number of carbonyl (C=O) groups excluding carboxylic acids is 1. The molecular formula is C27H52O2. The minimum absolute atomic E-state index is 0.0834. The molecule has 3 unspecified atom stereocenters. The first-order valence-electron chi connectivity index (χ1n) is 12.4. The van der Waals surface area contributed by atoms with Crippen molar-refractivity contribution >= 4 is 5.97 Å². The molecule has 0 aliphatic rings. The van der Waals surface area contributed by atoms with Crippen LogP contribution in [0.15, 0.2) is 11.6 Å². The van der Waals surface area contributed by atoms with Gasteiger partial charge in [0, 0.05) is 6.42 Å². The summed E-state index contributed by atoms with van der Waals surface area (Å²) in [6.45, 7) is 21.3. The molecule has 2 heteroatoms. The number of esters is 1. The number of carbonyl (C=O) groups is 1. The van der Waals surface area contributed by atoms with Crippen molar-refractivity contribution in [3.63, 3.8) is 0 Å². The maximum absolute atomic E-state index is 11.6. The SMILES string of the molecule is CCCC(=O)OC/C=C(\C)C(C)(CC)CCCC(C)C(C)(CC)CCCC(C)C. The first kappa shape index (κ1) is 28.2. The molecule has 0 heterocycles. The maximum atomic E-state index is 11.6. The van der Waals surface area contributed by atoms with Crippen molar-refractivity contribution in [1.82, 2.24) is 0 Å². The Morgan fingerprint density at radius 3 is 2.10 bits per heavy atom. The Balaban J connectivity index is 4.66. The third kappa shape index (κ3) is 10.7. The van der Waals surface area contributed by atoms with Crippen molar-refractivity contribution in [2.75, 3.05) is 6.61 Å². The third-order valence-corrected chi connectivity index (χ3v) is 7.71. The zero-order chi connectivity index (χ0) is 22.5. The molecule has 0 amide bonds. The lowest BCUT2D eigenvalue weighted by Crippen LogP contribution is -2.26. The fourth-order valence-corrected chi connectivity index (χ4v) is 4.27. The average molecular weight is 409 g/mol. The van der Waals surface area contributed by atoms with Crippen LogP contribution in [-0.2, 0) is 9.53 Å². The maximum Gasteiger partial charge on any atom is 0.306 e. The van der Waals surface area contributed by atoms with Gasteiger partial charge in [0.25, 0.3) is 0 Å². The Kier molecular flexibility index (Phi) is 13.9. The van der Waals surface area contributed by atoms with E-state index >= 15 is 0 Å². The highest BCUT2D eigenvalue weighted by Crippen LogP contribution is 2.42. The van der Waals surface area contributed by atoms with Crippen molar-refractivity contribution in [2.45, 2.75) is 127 Å². The number of rotatable bonds is 16. The summed E-state index contributed by atoms with van der Waals surface area (Å²) in [7, 11) is 0. The summed E-state index contributed by atoms with van der Waals surface area (Å²) in [4.78, 5) is 11.6. The van der Waals surface area contributed by atoms with Gasteiger partial charge < -0.3 is 4.74 Å². The van der Waals surface area contributed by atoms with Gasteiger partial charge in [0.05, 0.1) is 0 Å². The minimum atomic E-state index is -0.0834. The Morgan fingerprint density at radius 1 is 0.966 bits per heavy atom. The van der Waals surface area contributed by atoms with Gasteiger partial charge in [0.2, 0.25) is 0 Å². The second-order valence-corrected chi connectivity index (χ2v) is 10.3. The van der Waals surface area contributed by atoms with Gasteiger partial charge in [-0.3, -0.25) is 4.79 Å². The summed E-state index contributed by atoms with van der Waals surface area (Å²) in [5.41, 5.74) is 2.04. The molecule has 0 fully saturated rings. The second-order valence-electron chi connectivity index (χ2n) is 10.3. The van der Waals surface area contributed by atoms with Crippen molar-refractivity contribution in [2.24, 2.45) is 22.7 Å². The molecule has 2 nitrogen and oxygen atoms in total. The molecule has 0 rings (SSSR count). The zero-order valence-electron chi connectivity index (χ0n) is 21.3. The molecule has 0 saturated heterocycles. The van der Waals surface area contributed by atoms with E-state index in [1.165, 1.54) is 50.5 Å². The fraction of sp³-hybridized carbons (Fsp3) is 0.889. The van der Waals surface area contributed by atoms with Gasteiger partial charge in [-0.05, 0) is 61.3 Å². The first-order chi connectivity index (χ1) is 13.5. The standard InChI is InChI=1S/C27H52O2/c1-10-15-25(28)29-21-18-24(7)27(9,12-3)20-14-17-23(6)26(8,11-2)19-13-16-22(4)5/h18,22-23H,10-17,19-21H2,1-9H3/b24-18+. The van der Waals surface area contributed by atoms with E-state index in [1.54, 1.807) is 0 Å². The molecule has 3 atom stereocenters. The van der Waals surface area contributed by atoms with Gasteiger partial charge in [-0.1, -0.05) is 93.1 Å². The lowest BCUT2D eigenvalue weighted by atomic mass is 9.69. The van der Waals surface area contributed by atoms with Crippen LogP contribution >= 0.6 is 0 Å². The van der Waals surface area contributed by atoms with Crippen LogP contribution in [0.3, 0.4) is 0 Å². The zero-order valence-corrected chi connectivity index (χ0v) is 21.3. The summed E-state index contributed by atoms with van der Waals surface area (Å²) in [6, 6.07) is 0. The third-order valence-electron chi connectivity index (χ3n) is 7.71. The molecule has 29 heavy (non-hydrogen) atoms. The van der Waals surface area contributed by atoms with E-state index in [0.29, 0.717) is 18.4 Å². The van der Waals surface area contributed by atoms with Crippen molar-refractivity contribution in [1.29, 1.82) is 0 Å². The van der Waals surface area contributed by atoms with Gasteiger partial charge in [0.1, 0.15) is 6.61 Å². The summed E-state index contributed by atoms with van der Waals surface area (Å²) in [6.07, 6.45) is 13.8. The summed E-state index contributed by atoms with van der Waals surface area (Å²) in [5, 5.41) is 0. The normalized spacial score (nSPS) is 17.7. The van der Waals surface area contributed by atoms with Gasteiger partial charge in [-0.15, -0.1) is 0 Å². The Morgan fingerprint density at radius 2 is 1.59 bits per heavy atom. The number of ether oxygens (including phenoxy) is 1. The van der Waals surface area contributed by atoms with Gasteiger partial charge >= 0.3 is 5.97 Å². The van der Waals surface area contributed by atoms with E-state index in [2.05, 4.69) is 61.5 Å². The summed E-state index contributed by atoms with van der Waals surface area (Å²) < 4.78 is 5.33. The van der Waals surface area contributed by atoms with Crippen LogP contribution in [0.4, 0.5) is 0 Å². The van der Waals surface area contributed by atoms with Crippen LogP contribution in [0, 0.1) is 22.7 Å². The highest BCUT2D eigenvalue weighted by molar-refractivity contribution is 5.69. The highest BCUT2D eigenvalue weighted by atomic mass is 16.5. The molecule has 172 valence electrons. The largest absolute Gasteiger partial charge is 0.461 e. The number of allylic oxidation sites excluding steroid dienone is 1. The van der Waals surface area contributed by atoms with Crippen LogP contribution in [0.2, 0.25) is 0 Å². The number of hydrogen-bond donors (Lipinski definition) is 0. The molecule has 0 aromatic rings. The second kappa shape index (κ2) is 14.3. The molecule has 0 aliphatic heterocycles. The van der Waals surface area contributed by atoms with Crippen LogP contribution in [0.5, 0.6) is 0 Å². The predicted octanol–water partition coefficient (Wildman–Crippen LogP) is 8.74. The molecule has 0 spiro atoms. The Labute approximate surface area is 183 Å². The fourth-order valence-electron chi connectivity index (χ4n) is 4.27. The van der Waals surface area contributed by atoms with E-state index < -0.39 is 0 Å².